The summed E-state index contributed by atoms with van der Waals surface area (Å²) in [5, 5.41) is 3.28. The highest BCUT2D eigenvalue weighted by molar-refractivity contribution is 5.91. The molecule has 0 aromatic rings. The normalized spacial score (nSPS) is 26.7. The van der Waals surface area contributed by atoms with Crippen molar-refractivity contribution in [2.24, 2.45) is 15.4 Å². The van der Waals surface area contributed by atoms with Crippen molar-refractivity contribution in [3.8, 4) is 0 Å². The van der Waals surface area contributed by atoms with E-state index in [4.69, 9.17) is 0 Å². The van der Waals surface area contributed by atoms with Crippen LogP contribution in [0.5, 0.6) is 0 Å². The van der Waals surface area contributed by atoms with Gasteiger partial charge in [0.2, 0.25) is 5.96 Å². The minimum absolute atomic E-state index is 0.148. The van der Waals surface area contributed by atoms with Crippen molar-refractivity contribution in [2.45, 2.75) is 32.7 Å². The highest BCUT2D eigenvalue weighted by atomic mass is 15.2. The number of rotatable bonds is 1. The zero-order valence-electron chi connectivity index (χ0n) is 7.67. The van der Waals surface area contributed by atoms with Gasteiger partial charge in [-0.05, 0) is 12.8 Å². The first-order chi connectivity index (χ1) is 5.66. The van der Waals surface area contributed by atoms with Crippen LogP contribution >= 0.6 is 0 Å². The van der Waals surface area contributed by atoms with E-state index >= 15 is 0 Å². The molecule has 0 bridgehead atoms. The van der Waals surface area contributed by atoms with E-state index < -0.39 is 0 Å². The lowest BCUT2D eigenvalue weighted by atomic mass is 9.95. The molecule has 66 valence electrons. The topological polar surface area (TPSA) is 36.8 Å². The third-order valence-corrected chi connectivity index (χ3v) is 2.08. The Hall–Kier alpha value is -0.860. The summed E-state index contributed by atoms with van der Waals surface area (Å²) in [6.07, 6.45) is 4.54. The summed E-state index contributed by atoms with van der Waals surface area (Å²) in [4.78, 5) is 8.65. The molecule has 12 heavy (non-hydrogen) atoms. The summed E-state index contributed by atoms with van der Waals surface area (Å²) < 4.78 is 0. The Kier molecular flexibility index (Phi) is 1.67. The standard InChI is InChI=1S/C9H15N3/c1-9(2)5-10-8(11-6-9)12-7-3-4-7/h5,7H,3-4,6H2,1-2H3,(H,11,12). The second-order valence-electron chi connectivity index (χ2n) is 4.31. The molecule has 0 radical (unpaired) electrons. The lowest BCUT2D eigenvalue weighted by Crippen LogP contribution is -2.31. The molecule has 0 spiro atoms. The molecule has 2 aliphatic rings. The van der Waals surface area contributed by atoms with E-state index in [9.17, 15) is 0 Å². The van der Waals surface area contributed by atoms with E-state index in [0.717, 1.165) is 12.5 Å². The van der Waals surface area contributed by atoms with Crippen molar-refractivity contribution in [3.63, 3.8) is 0 Å². The second-order valence-corrected chi connectivity index (χ2v) is 4.31. The zero-order valence-corrected chi connectivity index (χ0v) is 7.67. The Labute approximate surface area is 73.0 Å². The molecule has 1 fully saturated rings. The number of hydrogen-bond acceptors (Lipinski definition) is 3. The Morgan fingerprint density at radius 3 is 2.75 bits per heavy atom. The van der Waals surface area contributed by atoms with Crippen LogP contribution < -0.4 is 5.32 Å². The van der Waals surface area contributed by atoms with Crippen molar-refractivity contribution in [3.05, 3.63) is 0 Å². The molecule has 1 saturated carbocycles. The fraction of sp³-hybridized carbons (Fsp3) is 0.778. The monoisotopic (exact) mass is 165 g/mol. The van der Waals surface area contributed by atoms with Gasteiger partial charge in [-0.1, -0.05) is 13.8 Å². The number of hydrogen-bond donors (Lipinski definition) is 1. The van der Waals surface area contributed by atoms with Gasteiger partial charge in [-0.15, -0.1) is 0 Å². The molecule has 1 N–H and O–H groups in total. The summed E-state index contributed by atoms with van der Waals surface area (Å²) in [6, 6.07) is 0.655. The van der Waals surface area contributed by atoms with Gasteiger partial charge in [-0.3, -0.25) is 4.99 Å². The maximum Gasteiger partial charge on any atom is 0.217 e. The highest BCUT2D eigenvalue weighted by Gasteiger charge is 2.24. The third-order valence-electron chi connectivity index (χ3n) is 2.08. The molecule has 0 atom stereocenters. The largest absolute Gasteiger partial charge is 0.352 e. The fourth-order valence-corrected chi connectivity index (χ4v) is 1.09. The average molecular weight is 165 g/mol. The Balaban J connectivity index is 1.93. The van der Waals surface area contributed by atoms with Crippen molar-refractivity contribution >= 4 is 12.2 Å². The minimum Gasteiger partial charge on any atom is -0.352 e. The van der Waals surface area contributed by atoms with E-state index in [1.807, 2.05) is 6.21 Å². The van der Waals surface area contributed by atoms with Crippen LogP contribution in [0.3, 0.4) is 0 Å². The van der Waals surface area contributed by atoms with Gasteiger partial charge in [0.25, 0.3) is 0 Å². The molecule has 0 amide bonds. The van der Waals surface area contributed by atoms with Gasteiger partial charge in [0, 0.05) is 17.7 Å². The molecule has 1 aliphatic heterocycles. The summed E-state index contributed by atoms with van der Waals surface area (Å²) in [6.45, 7) is 5.15. The molecule has 0 aromatic carbocycles. The molecular formula is C9H15N3. The van der Waals surface area contributed by atoms with E-state index in [1.165, 1.54) is 12.8 Å². The molecule has 3 nitrogen and oxygen atoms in total. The van der Waals surface area contributed by atoms with Gasteiger partial charge in [0.05, 0.1) is 6.54 Å². The van der Waals surface area contributed by atoms with Crippen LogP contribution in [0.15, 0.2) is 9.98 Å². The van der Waals surface area contributed by atoms with E-state index in [0.29, 0.717) is 6.04 Å². The number of guanidine groups is 1. The molecular weight excluding hydrogens is 150 g/mol. The van der Waals surface area contributed by atoms with Gasteiger partial charge in [-0.2, -0.15) is 0 Å². The molecule has 1 heterocycles. The first-order valence-corrected chi connectivity index (χ1v) is 4.52. The van der Waals surface area contributed by atoms with Crippen molar-refractivity contribution in [2.75, 3.05) is 6.54 Å². The van der Waals surface area contributed by atoms with Gasteiger partial charge in [0.15, 0.2) is 0 Å². The summed E-state index contributed by atoms with van der Waals surface area (Å²) in [5.74, 6) is 0.830. The Morgan fingerprint density at radius 2 is 2.25 bits per heavy atom. The molecule has 0 unspecified atom stereocenters. The zero-order chi connectivity index (χ0) is 8.60. The molecule has 1 aliphatic carbocycles. The average Bonchev–Trinajstić information content (AvgIpc) is 2.77. The number of nitrogens with one attached hydrogen (secondary N) is 1. The van der Waals surface area contributed by atoms with Crippen LogP contribution in [0.2, 0.25) is 0 Å². The maximum absolute atomic E-state index is 4.37. The minimum atomic E-state index is 0.148. The number of nitrogens with zero attached hydrogens (tertiary/aromatic N) is 2. The first-order valence-electron chi connectivity index (χ1n) is 4.52. The van der Waals surface area contributed by atoms with Crippen LogP contribution in [0, 0.1) is 5.41 Å². The Morgan fingerprint density at radius 1 is 1.50 bits per heavy atom. The third kappa shape index (κ3) is 1.84. The second kappa shape index (κ2) is 2.57. The maximum atomic E-state index is 4.37. The SMILES string of the molecule is CC1(C)C=NC(NC2CC2)=NC1. The fourth-order valence-electron chi connectivity index (χ4n) is 1.09. The summed E-state index contributed by atoms with van der Waals surface area (Å²) >= 11 is 0. The number of aliphatic imine (C=N–C) groups is 2. The highest BCUT2D eigenvalue weighted by Crippen LogP contribution is 2.20. The molecule has 0 aromatic heterocycles. The first kappa shape index (κ1) is 7.77. The summed E-state index contributed by atoms with van der Waals surface area (Å²) in [5.41, 5.74) is 0.148. The van der Waals surface area contributed by atoms with Crippen LogP contribution in [0.1, 0.15) is 26.7 Å². The predicted molar refractivity (Wildman–Crippen MR) is 50.7 cm³/mol. The molecule has 0 saturated heterocycles. The molecule has 2 rings (SSSR count). The van der Waals surface area contributed by atoms with Crippen molar-refractivity contribution in [1.29, 1.82) is 0 Å². The van der Waals surface area contributed by atoms with Crippen LogP contribution in [-0.4, -0.2) is 24.8 Å². The lowest BCUT2D eigenvalue weighted by Gasteiger charge is -2.20. The van der Waals surface area contributed by atoms with Gasteiger partial charge >= 0.3 is 0 Å². The van der Waals surface area contributed by atoms with Crippen LogP contribution in [-0.2, 0) is 0 Å². The van der Waals surface area contributed by atoms with Gasteiger partial charge in [-0.25, -0.2) is 4.99 Å². The smallest absolute Gasteiger partial charge is 0.217 e. The van der Waals surface area contributed by atoms with Crippen LogP contribution in [0.4, 0.5) is 0 Å². The van der Waals surface area contributed by atoms with E-state index in [-0.39, 0.29) is 5.41 Å². The van der Waals surface area contributed by atoms with Crippen molar-refractivity contribution in [1.82, 2.24) is 5.32 Å². The van der Waals surface area contributed by atoms with E-state index in [1.54, 1.807) is 0 Å². The van der Waals surface area contributed by atoms with Crippen molar-refractivity contribution < 1.29 is 0 Å². The van der Waals surface area contributed by atoms with Gasteiger partial charge < -0.3 is 5.32 Å². The summed E-state index contributed by atoms with van der Waals surface area (Å²) in [7, 11) is 0. The van der Waals surface area contributed by atoms with Gasteiger partial charge in [0.1, 0.15) is 0 Å². The van der Waals surface area contributed by atoms with Crippen LogP contribution in [0.25, 0.3) is 0 Å². The predicted octanol–water partition coefficient (Wildman–Crippen LogP) is 1.20. The lowest BCUT2D eigenvalue weighted by molar-refractivity contribution is 0.543. The quantitative estimate of drug-likeness (QED) is 0.623. The Bertz CT molecular complexity index is 236. The van der Waals surface area contributed by atoms with E-state index in [2.05, 4.69) is 29.1 Å². The molecule has 3 heteroatoms.